The number of aromatic hydroxyl groups is 1. The Balaban J connectivity index is 1.92. The first kappa shape index (κ1) is 15.1. The second-order valence-corrected chi connectivity index (χ2v) is 5.88. The molecule has 5 heteroatoms. The van der Waals surface area contributed by atoms with Gasteiger partial charge >= 0.3 is 0 Å². The van der Waals surface area contributed by atoms with Crippen LogP contribution in [0.3, 0.4) is 0 Å². The Kier molecular flexibility index (Phi) is 4.18. The fourth-order valence-electron chi connectivity index (χ4n) is 3.37. The predicted octanol–water partition coefficient (Wildman–Crippen LogP) is 2.36. The highest BCUT2D eigenvalue weighted by Crippen LogP contribution is 2.33. The molecule has 0 saturated carbocycles. The molecule has 2 aromatic rings. The number of nitrogens with zero attached hydrogens (tertiary/aromatic N) is 3. The topological polar surface area (TPSA) is 61.5 Å². The summed E-state index contributed by atoms with van der Waals surface area (Å²) in [5, 5.41) is 19.9. The highest BCUT2D eigenvalue weighted by atomic mass is 16.3. The number of aliphatic hydroxyl groups is 1. The third kappa shape index (κ3) is 2.51. The molecule has 1 atom stereocenters. The molecule has 0 aliphatic carbocycles. The standard InChI is InChI=1S/C17H23N3O2/c1-3-15-16-5-4-6-19(16)7-8-20(15)10-14-13(11-21)9-18-12(2)17(14)22/h4-6,9,15,21-22H,3,7-8,10-11H2,1-2H3. The number of fused-ring (bicyclic) bond motifs is 1. The number of rotatable bonds is 4. The van der Waals surface area contributed by atoms with Crippen LogP contribution in [0.4, 0.5) is 0 Å². The molecular weight excluding hydrogens is 278 g/mol. The van der Waals surface area contributed by atoms with E-state index in [4.69, 9.17) is 0 Å². The van der Waals surface area contributed by atoms with Crippen molar-refractivity contribution in [2.24, 2.45) is 0 Å². The summed E-state index contributed by atoms with van der Waals surface area (Å²) in [7, 11) is 0. The minimum Gasteiger partial charge on any atom is -0.506 e. The molecule has 22 heavy (non-hydrogen) atoms. The fourth-order valence-corrected chi connectivity index (χ4v) is 3.37. The molecule has 1 unspecified atom stereocenters. The second-order valence-electron chi connectivity index (χ2n) is 5.88. The summed E-state index contributed by atoms with van der Waals surface area (Å²) in [5.41, 5.74) is 3.44. The summed E-state index contributed by atoms with van der Waals surface area (Å²) in [6.07, 6.45) is 4.81. The van der Waals surface area contributed by atoms with Crippen molar-refractivity contribution < 1.29 is 10.2 Å². The first-order valence-electron chi connectivity index (χ1n) is 7.82. The third-order valence-corrected chi connectivity index (χ3v) is 4.62. The van der Waals surface area contributed by atoms with Gasteiger partial charge in [-0.3, -0.25) is 9.88 Å². The molecule has 0 amide bonds. The molecule has 1 aliphatic heterocycles. The smallest absolute Gasteiger partial charge is 0.141 e. The summed E-state index contributed by atoms with van der Waals surface area (Å²) in [6.45, 7) is 6.40. The van der Waals surface area contributed by atoms with Crippen LogP contribution in [-0.2, 0) is 19.7 Å². The molecule has 0 radical (unpaired) electrons. The van der Waals surface area contributed by atoms with Crippen LogP contribution in [0, 0.1) is 6.92 Å². The Hall–Kier alpha value is -1.85. The summed E-state index contributed by atoms with van der Waals surface area (Å²) in [6, 6.07) is 4.60. The van der Waals surface area contributed by atoms with E-state index >= 15 is 0 Å². The molecular formula is C17H23N3O2. The van der Waals surface area contributed by atoms with Crippen LogP contribution in [0.2, 0.25) is 0 Å². The Morgan fingerprint density at radius 1 is 1.36 bits per heavy atom. The number of aromatic nitrogens is 2. The van der Waals surface area contributed by atoms with Crippen molar-refractivity contribution in [1.82, 2.24) is 14.5 Å². The summed E-state index contributed by atoms with van der Waals surface area (Å²) in [4.78, 5) is 6.52. The average Bonchev–Trinajstić information content (AvgIpc) is 3.00. The molecule has 5 nitrogen and oxygen atoms in total. The van der Waals surface area contributed by atoms with Crippen molar-refractivity contribution >= 4 is 0 Å². The van der Waals surface area contributed by atoms with Gasteiger partial charge in [0.25, 0.3) is 0 Å². The zero-order valence-electron chi connectivity index (χ0n) is 13.2. The van der Waals surface area contributed by atoms with Crippen LogP contribution in [0.25, 0.3) is 0 Å². The van der Waals surface area contributed by atoms with Gasteiger partial charge in [0.05, 0.1) is 18.3 Å². The van der Waals surface area contributed by atoms with Gasteiger partial charge in [-0.15, -0.1) is 0 Å². The second kappa shape index (κ2) is 6.10. The number of hydrogen-bond acceptors (Lipinski definition) is 4. The summed E-state index contributed by atoms with van der Waals surface area (Å²) in [5.74, 6) is 0.211. The van der Waals surface area contributed by atoms with E-state index < -0.39 is 0 Å². The Morgan fingerprint density at radius 3 is 2.91 bits per heavy atom. The monoisotopic (exact) mass is 301 g/mol. The molecule has 1 aliphatic rings. The molecule has 2 N–H and O–H groups in total. The summed E-state index contributed by atoms with van der Waals surface area (Å²) < 4.78 is 2.30. The number of aliphatic hydroxyl groups excluding tert-OH is 1. The van der Waals surface area contributed by atoms with Gasteiger partial charge in [0.1, 0.15) is 5.75 Å². The molecule has 0 spiro atoms. The van der Waals surface area contributed by atoms with Crippen LogP contribution < -0.4 is 0 Å². The van der Waals surface area contributed by atoms with E-state index in [1.54, 1.807) is 13.1 Å². The molecule has 118 valence electrons. The zero-order chi connectivity index (χ0) is 15.7. The van der Waals surface area contributed by atoms with Gasteiger partial charge in [-0.25, -0.2) is 0 Å². The van der Waals surface area contributed by atoms with Crippen LogP contribution in [0.1, 0.15) is 41.9 Å². The molecule has 2 aromatic heterocycles. The summed E-state index contributed by atoms with van der Waals surface area (Å²) >= 11 is 0. The lowest BCUT2D eigenvalue weighted by atomic mass is 10.0. The molecule has 0 bridgehead atoms. The average molecular weight is 301 g/mol. The highest BCUT2D eigenvalue weighted by Gasteiger charge is 2.27. The number of pyridine rings is 1. The van der Waals surface area contributed by atoms with E-state index in [0.29, 0.717) is 23.8 Å². The van der Waals surface area contributed by atoms with Gasteiger partial charge in [0, 0.05) is 48.8 Å². The lowest BCUT2D eigenvalue weighted by molar-refractivity contribution is 0.141. The maximum atomic E-state index is 10.3. The number of hydrogen-bond donors (Lipinski definition) is 2. The highest BCUT2D eigenvalue weighted by molar-refractivity contribution is 5.40. The van der Waals surface area contributed by atoms with Gasteiger partial charge in [0.15, 0.2) is 0 Å². The van der Waals surface area contributed by atoms with Crippen LogP contribution >= 0.6 is 0 Å². The molecule has 3 heterocycles. The van der Waals surface area contributed by atoms with Crippen LogP contribution in [0.15, 0.2) is 24.5 Å². The van der Waals surface area contributed by atoms with E-state index in [9.17, 15) is 10.2 Å². The van der Waals surface area contributed by atoms with Crippen molar-refractivity contribution in [2.75, 3.05) is 6.54 Å². The first-order valence-corrected chi connectivity index (χ1v) is 7.82. The zero-order valence-corrected chi connectivity index (χ0v) is 13.2. The van der Waals surface area contributed by atoms with Gasteiger partial charge in [-0.1, -0.05) is 6.92 Å². The maximum absolute atomic E-state index is 10.3. The van der Waals surface area contributed by atoms with E-state index in [2.05, 4.69) is 39.7 Å². The maximum Gasteiger partial charge on any atom is 0.141 e. The van der Waals surface area contributed by atoms with Crippen molar-refractivity contribution in [2.45, 2.75) is 46.0 Å². The Bertz CT molecular complexity index is 666. The SMILES string of the molecule is CCC1c2cccn2CCN1Cc1c(CO)cnc(C)c1O. The Morgan fingerprint density at radius 2 is 2.18 bits per heavy atom. The predicted molar refractivity (Wildman–Crippen MR) is 84.4 cm³/mol. The third-order valence-electron chi connectivity index (χ3n) is 4.62. The lowest BCUT2D eigenvalue weighted by Gasteiger charge is -2.37. The minimum absolute atomic E-state index is 0.100. The normalized spacial score (nSPS) is 18.4. The van der Waals surface area contributed by atoms with Gasteiger partial charge in [0.2, 0.25) is 0 Å². The molecule has 3 rings (SSSR count). The van der Waals surface area contributed by atoms with Crippen LogP contribution in [0.5, 0.6) is 5.75 Å². The quantitative estimate of drug-likeness (QED) is 0.910. The van der Waals surface area contributed by atoms with Crippen molar-refractivity contribution in [3.05, 3.63) is 47.0 Å². The van der Waals surface area contributed by atoms with E-state index in [0.717, 1.165) is 25.1 Å². The van der Waals surface area contributed by atoms with E-state index in [1.807, 2.05) is 0 Å². The van der Waals surface area contributed by atoms with E-state index in [1.165, 1.54) is 5.69 Å². The van der Waals surface area contributed by atoms with Gasteiger partial charge < -0.3 is 14.8 Å². The van der Waals surface area contributed by atoms with E-state index in [-0.39, 0.29) is 12.4 Å². The van der Waals surface area contributed by atoms with Crippen molar-refractivity contribution in [3.63, 3.8) is 0 Å². The lowest BCUT2D eigenvalue weighted by Crippen LogP contribution is -2.37. The van der Waals surface area contributed by atoms with Crippen molar-refractivity contribution in [3.8, 4) is 5.75 Å². The number of aryl methyl sites for hydroxylation is 1. The molecule has 0 aromatic carbocycles. The first-order chi connectivity index (χ1) is 10.7. The largest absolute Gasteiger partial charge is 0.506 e. The van der Waals surface area contributed by atoms with Crippen LogP contribution in [-0.4, -0.2) is 31.2 Å². The van der Waals surface area contributed by atoms with Crippen molar-refractivity contribution in [1.29, 1.82) is 0 Å². The Labute approximate surface area is 130 Å². The minimum atomic E-state index is -0.100. The fraction of sp³-hybridized carbons (Fsp3) is 0.471. The molecule has 0 saturated heterocycles. The van der Waals surface area contributed by atoms with Gasteiger partial charge in [-0.05, 0) is 25.5 Å². The molecule has 0 fully saturated rings. The van der Waals surface area contributed by atoms with Gasteiger partial charge in [-0.2, -0.15) is 0 Å².